The van der Waals surface area contributed by atoms with Crippen molar-refractivity contribution in [3.63, 3.8) is 0 Å². The van der Waals surface area contributed by atoms with Crippen molar-refractivity contribution in [2.45, 2.75) is 5.60 Å². The van der Waals surface area contributed by atoms with Crippen molar-refractivity contribution < 1.29 is 24.5 Å². The smallest absolute Gasteiger partial charge is 0.341 e. The number of phenols is 2. The van der Waals surface area contributed by atoms with E-state index in [0.717, 1.165) is 3.57 Å². The first-order valence-corrected chi connectivity index (χ1v) is 11.1. The number of halogens is 2. The molecule has 3 aromatic carbocycles. The average Bonchev–Trinajstić information content (AvgIpc) is 2.98. The third kappa shape index (κ3) is 2.62. The van der Waals surface area contributed by atoms with Gasteiger partial charge in [-0.1, -0.05) is 0 Å². The Morgan fingerprint density at radius 2 is 1.53 bits per heavy atom. The van der Waals surface area contributed by atoms with Gasteiger partial charge in [-0.2, -0.15) is 4.99 Å². The summed E-state index contributed by atoms with van der Waals surface area (Å²) in [6.07, 6.45) is 0. The SMILES string of the molecule is O=C1OC2(c3ccc(O)cc3Oc3cc(O)ccc32)c2cc(N=C=S)c(I)c(I)c21. The Morgan fingerprint density at radius 1 is 0.933 bits per heavy atom. The van der Waals surface area contributed by atoms with E-state index in [0.29, 0.717) is 43.0 Å². The second-order valence-electron chi connectivity index (χ2n) is 6.68. The summed E-state index contributed by atoms with van der Waals surface area (Å²) in [4.78, 5) is 17.3. The maximum atomic E-state index is 13.1. The molecule has 0 unspecified atom stereocenters. The van der Waals surface area contributed by atoms with Crippen LogP contribution in [0, 0.1) is 7.14 Å². The largest absolute Gasteiger partial charge is 0.508 e. The molecule has 148 valence electrons. The van der Waals surface area contributed by atoms with Gasteiger partial charge in [0.2, 0.25) is 0 Å². The van der Waals surface area contributed by atoms with Gasteiger partial charge in [0.05, 0.1) is 20.0 Å². The minimum absolute atomic E-state index is 0.000219. The van der Waals surface area contributed by atoms with Crippen LogP contribution in [0.2, 0.25) is 0 Å². The summed E-state index contributed by atoms with van der Waals surface area (Å²) >= 11 is 9.01. The second kappa shape index (κ2) is 6.91. The van der Waals surface area contributed by atoms with Crippen molar-refractivity contribution in [1.29, 1.82) is 0 Å². The molecular formula is C21H9I2NO5S. The van der Waals surface area contributed by atoms with Crippen LogP contribution in [-0.2, 0) is 10.3 Å². The second-order valence-corrected chi connectivity index (χ2v) is 9.02. The molecule has 30 heavy (non-hydrogen) atoms. The number of nitrogens with zero attached hydrogens (tertiary/aromatic N) is 1. The van der Waals surface area contributed by atoms with Gasteiger partial charge in [0.25, 0.3) is 0 Å². The van der Waals surface area contributed by atoms with E-state index < -0.39 is 11.6 Å². The zero-order chi connectivity index (χ0) is 21.2. The maximum Gasteiger partial charge on any atom is 0.341 e. The Morgan fingerprint density at radius 3 is 2.10 bits per heavy atom. The molecule has 0 saturated carbocycles. The highest BCUT2D eigenvalue weighted by Crippen LogP contribution is 2.58. The van der Waals surface area contributed by atoms with Crippen LogP contribution < -0.4 is 4.74 Å². The molecule has 5 rings (SSSR count). The Kier molecular flexibility index (Phi) is 4.54. The number of hydrogen-bond acceptors (Lipinski definition) is 7. The fourth-order valence-electron chi connectivity index (χ4n) is 3.90. The minimum atomic E-state index is -1.33. The standard InChI is InChI=1S/C21H9I2NO5S/c22-18-14(24-8-30)7-13-17(19(18)23)20(27)29-21(13)11-3-1-9(25)5-15(11)28-16-6-10(26)2-4-12(16)21/h1-7,25-26H. The van der Waals surface area contributed by atoms with Crippen LogP contribution in [0.3, 0.4) is 0 Å². The molecule has 0 radical (unpaired) electrons. The highest BCUT2D eigenvalue weighted by molar-refractivity contribution is 14.1. The normalized spacial score (nSPS) is 14.8. The lowest BCUT2D eigenvalue weighted by molar-refractivity contribution is 0.0223. The Balaban J connectivity index is 1.94. The monoisotopic (exact) mass is 641 g/mol. The zero-order valence-electron chi connectivity index (χ0n) is 14.8. The van der Waals surface area contributed by atoms with E-state index >= 15 is 0 Å². The fraction of sp³-hybridized carbons (Fsp3) is 0.0476. The third-order valence-corrected chi connectivity index (χ3v) is 8.39. The quantitative estimate of drug-likeness (QED) is 0.156. The van der Waals surface area contributed by atoms with Gasteiger partial charge < -0.3 is 19.7 Å². The van der Waals surface area contributed by atoms with Gasteiger partial charge in [-0.25, -0.2) is 4.79 Å². The first-order valence-electron chi connectivity index (χ1n) is 8.55. The van der Waals surface area contributed by atoms with Gasteiger partial charge >= 0.3 is 5.97 Å². The van der Waals surface area contributed by atoms with Crippen LogP contribution in [0.4, 0.5) is 5.69 Å². The van der Waals surface area contributed by atoms with E-state index in [4.69, 9.17) is 21.7 Å². The summed E-state index contributed by atoms with van der Waals surface area (Å²) in [5, 5.41) is 22.4. The van der Waals surface area contributed by atoms with Crippen LogP contribution in [0.5, 0.6) is 23.0 Å². The predicted molar refractivity (Wildman–Crippen MR) is 128 cm³/mol. The molecule has 0 aliphatic carbocycles. The highest BCUT2D eigenvalue weighted by atomic mass is 127. The lowest BCUT2D eigenvalue weighted by atomic mass is 9.77. The molecular weight excluding hydrogens is 632 g/mol. The van der Waals surface area contributed by atoms with E-state index in [-0.39, 0.29) is 11.5 Å². The Hall–Kier alpha value is -2.21. The number of aliphatic imine (C=N–C) groups is 1. The Labute approximate surface area is 202 Å². The molecule has 2 aliphatic rings. The molecule has 1 spiro atoms. The maximum absolute atomic E-state index is 13.1. The number of carbonyl (C=O) groups is 1. The predicted octanol–water partition coefficient (Wildman–Crippen LogP) is 5.61. The van der Waals surface area contributed by atoms with Crippen molar-refractivity contribution >= 4 is 74.2 Å². The molecule has 0 atom stereocenters. The number of thiocarbonyl (C=S) groups is 1. The summed E-state index contributed by atoms with van der Waals surface area (Å²) in [7, 11) is 0. The number of isothiocyanates is 1. The van der Waals surface area contributed by atoms with Crippen molar-refractivity contribution in [2.75, 3.05) is 0 Å². The van der Waals surface area contributed by atoms with Crippen molar-refractivity contribution in [3.8, 4) is 23.0 Å². The van der Waals surface area contributed by atoms with Crippen LogP contribution >= 0.6 is 57.4 Å². The zero-order valence-corrected chi connectivity index (χ0v) is 19.9. The number of ether oxygens (including phenoxy) is 2. The van der Waals surface area contributed by atoms with Gasteiger partial charge in [0.1, 0.15) is 23.0 Å². The molecule has 0 bridgehead atoms. The third-order valence-electron chi connectivity index (χ3n) is 5.09. The number of hydrogen-bond donors (Lipinski definition) is 2. The summed E-state index contributed by atoms with van der Waals surface area (Å²) in [5.74, 6) is 0.162. The summed E-state index contributed by atoms with van der Waals surface area (Å²) in [6.45, 7) is 0. The summed E-state index contributed by atoms with van der Waals surface area (Å²) in [5.41, 5.74) is 1.37. The summed E-state index contributed by atoms with van der Waals surface area (Å²) in [6, 6.07) is 11.0. The van der Waals surface area contributed by atoms with E-state index in [9.17, 15) is 15.0 Å². The van der Waals surface area contributed by atoms with Crippen molar-refractivity contribution in [3.05, 3.63) is 71.9 Å². The lowest BCUT2D eigenvalue weighted by Crippen LogP contribution is -2.32. The molecule has 6 nitrogen and oxygen atoms in total. The van der Waals surface area contributed by atoms with Gasteiger partial charge in [-0.05, 0) is 87.7 Å². The lowest BCUT2D eigenvalue weighted by Gasteiger charge is -2.36. The number of benzene rings is 3. The van der Waals surface area contributed by atoms with E-state index in [2.05, 4.69) is 55.3 Å². The van der Waals surface area contributed by atoms with Crippen LogP contribution in [0.1, 0.15) is 27.0 Å². The highest BCUT2D eigenvalue weighted by Gasteiger charge is 2.54. The van der Waals surface area contributed by atoms with Crippen LogP contribution in [0.25, 0.3) is 0 Å². The van der Waals surface area contributed by atoms with Gasteiger partial charge in [0, 0.05) is 32.4 Å². The van der Waals surface area contributed by atoms with Gasteiger partial charge in [0.15, 0.2) is 5.60 Å². The summed E-state index contributed by atoms with van der Waals surface area (Å²) < 4.78 is 13.5. The molecule has 2 heterocycles. The first-order chi connectivity index (χ1) is 14.4. The molecule has 2 N–H and O–H groups in total. The number of fused-ring (bicyclic) bond motifs is 6. The van der Waals surface area contributed by atoms with Crippen LogP contribution in [0.15, 0.2) is 47.5 Å². The molecule has 0 aromatic heterocycles. The van der Waals surface area contributed by atoms with Crippen molar-refractivity contribution in [1.82, 2.24) is 0 Å². The molecule has 2 aliphatic heterocycles. The van der Waals surface area contributed by atoms with Crippen LogP contribution in [-0.4, -0.2) is 21.3 Å². The minimum Gasteiger partial charge on any atom is -0.508 e. The van der Waals surface area contributed by atoms with Crippen molar-refractivity contribution in [2.24, 2.45) is 4.99 Å². The van der Waals surface area contributed by atoms with Gasteiger partial charge in [-0.3, -0.25) is 0 Å². The Bertz CT molecular complexity index is 1280. The molecule has 3 aromatic rings. The number of aromatic hydroxyl groups is 2. The fourth-order valence-corrected chi connectivity index (χ4v) is 5.33. The van der Waals surface area contributed by atoms with E-state index in [1.807, 2.05) is 0 Å². The topological polar surface area (TPSA) is 88.4 Å². The number of carbonyl (C=O) groups excluding carboxylic acids is 1. The molecule has 0 saturated heterocycles. The average molecular weight is 641 g/mol. The van der Waals surface area contributed by atoms with E-state index in [1.54, 1.807) is 18.2 Å². The number of rotatable bonds is 1. The first kappa shape index (κ1) is 19.7. The number of esters is 1. The molecule has 0 amide bonds. The number of phenolic OH excluding ortho intramolecular Hbond substituents is 2. The van der Waals surface area contributed by atoms with Gasteiger partial charge in [-0.15, -0.1) is 0 Å². The van der Waals surface area contributed by atoms with E-state index in [1.165, 1.54) is 24.3 Å². The molecule has 0 fully saturated rings. The molecule has 9 heteroatoms.